The Morgan fingerprint density at radius 1 is 0.838 bits per heavy atom. The fraction of sp³-hybridized carbons (Fsp3) is 0.772. The molecule has 0 aromatic heterocycles. The van der Waals surface area contributed by atoms with Crippen molar-refractivity contribution >= 4 is 52.7 Å². The molecule has 15 atom stereocenters. The number of aliphatic hydroxyl groups is 3. The molecule has 4 rings (SSSR count). The van der Waals surface area contributed by atoms with Gasteiger partial charge in [-0.05, 0) is 107 Å². The Morgan fingerprint density at radius 3 is 2.26 bits per heavy atom. The van der Waals surface area contributed by atoms with Crippen LogP contribution in [0.3, 0.4) is 0 Å². The van der Waals surface area contributed by atoms with Gasteiger partial charge in [-0.1, -0.05) is 71.1 Å². The predicted molar refractivity (Wildman–Crippen MR) is 291 cm³/mol. The van der Waals surface area contributed by atoms with Crippen LogP contribution in [0.1, 0.15) is 126 Å². The minimum Gasteiger partial charge on any atom is -0.460 e. The highest BCUT2D eigenvalue weighted by atomic mass is 32.2. The van der Waals surface area contributed by atoms with Crippen LogP contribution in [0, 0.1) is 35.5 Å². The van der Waals surface area contributed by atoms with E-state index in [9.17, 15) is 34.2 Å². The van der Waals surface area contributed by atoms with E-state index in [2.05, 4.69) is 0 Å². The number of carbonyl (C=O) groups excluding carboxylic acids is 5. The molecule has 3 aliphatic heterocycles. The van der Waals surface area contributed by atoms with Gasteiger partial charge in [0.25, 0.3) is 11.7 Å². The van der Waals surface area contributed by atoms with Gasteiger partial charge in [0.05, 0.1) is 37.6 Å². The first kappa shape index (κ1) is 63.8. The Balaban J connectivity index is 1.71. The third-order valence-corrected chi connectivity index (χ3v) is 17.8. The largest absolute Gasteiger partial charge is 0.460 e. The van der Waals surface area contributed by atoms with Gasteiger partial charge in [0.15, 0.2) is 5.78 Å². The maximum atomic E-state index is 14.8. The molecule has 74 heavy (non-hydrogen) atoms. The average molecular weight is 1080 g/mol. The summed E-state index contributed by atoms with van der Waals surface area (Å²) in [6.07, 6.45) is 11.9. The number of ketones is 3. The third-order valence-electron chi connectivity index (χ3n) is 15.6. The summed E-state index contributed by atoms with van der Waals surface area (Å²) in [4.78, 5) is 73.5. The van der Waals surface area contributed by atoms with Gasteiger partial charge in [0.2, 0.25) is 5.79 Å². The summed E-state index contributed by atoms with van der Waals surface area (Å²) in [5.74, 6) is -3.48. The second kappa shape index (κ2) is 32.3. The highest BCUT2D eigenvalue weighted by Crippen LogP contribution is 2.40. The minimum absolute atomic E-state index is 0.0112. The number of cyclic esters (lactones) is 1. The minimum atomic E-state index is -1.92. The number of rotatable bonds is 15. The zero-order chi connectivity index (χ0) is 54.5. The van der Waals surface area contributed by atoms with E-state index in [0.29, 0.717) is 75.7 Å². The van der Waals surface area contributed by atoms with Gasteiger partial charge in [0.1, 0.15) is 30.1 Å². The number of piperidine rings is 1. The topological polar surface area (TPSA) is 205 Å². The highest BCUT2D eigenvalue weighted by molar-refractivity contribution is 8.02. The fourth-order valence-corrected chi connectivity index (χ4v) is 12.7. The zero-order valence-corrected chi connectivity index (χ0v) is 47.7. The summed E-state index contributed by atoms with van der Waals surface area (Å²) in [5, 5.41) is 31.2. The van der Waals surface area contributed by atoms with Gasteiger partial charge >= 0.3 is 5.97 Å². The lowest BCUT2D eigenvalue weighted by Gasteiger charge is -2.45. The van der Waals surface area contributed by atoms with Crippen LogP contribution in [0.2, 0.25) is 0 Å². The van der Waals surface area contributed by atoms with Crippen molar-refractivity contribution in [2.45, 2.75) is 180 Å². The molecule has 1 unspecified atom stereocenters. The highest BCUT2D eigenvalue weighted by Gasteiger charge is 2.55. The van der Waals surface area contributed by atoms with Crippen LogP contribution in [0.5, 0.6) is 0 Å². The Labute approximate surface area is 450 Å². The van der Waals surface area contributed by atoms with Crippen molar-refractivity contribution in [3.05, 3.63) is 47.6 Å². The molecule has 2 bridgehead atoms. The van der Waals surface area contributed by atoms with Gasteiger partial charge in [-0.15, -0.1) is 0 Å². The van der Waals surface area contributed by atoms with E-state index in [1.54, 1.807) is 50.6 Å². The molecule has 0 spiro atoms. The molecule has 3 fully saturated rings. The second-order valence-corrected chi connectivity index (χ2v) is 23.8. The summed E-state index contributed by atoms with van der Waals surface area (Å²) < 4.78 is 36.8. The molecule has 1 saturated carbocycles. The summed E-state index contributed by atoms with van der Waals surface area (Å²) in [6.45, 7) is 13.7. The number of aliphatic hydroxyl groups excluding tert-OH is 3. The van der Waals surface area contributed by atoms with Gasteiger partial charge in [-0.3, -0.25) is 19.2 Å². The molecule has 0 radical (unpaired) electrons. The predicted octanol–water partition coefficient (Wildman–Crippen LogP) is 7.66. The molecule has 3 heterocycles. The molecule has 420 valence electrons. The Kier molecular flexibility index (Phi) is 27.8. The number of nitrogens with zero attached hydrogens (tertiary/aromatic N) is 1. The molecule has 2 saturated heterocycles. The van der Waals surface area contributed by atoms with Gasteiger partial charge in [-0.25, -0.2) is 4.79 Å². The number of hydrogen-bond acceptors (Lipinski definition) is 16. The van der Waals surface area contributed by atoms with Crippen LogP contribution in [-0.4, -0.2) is 168 Å². The lowest BCUT2D eigenvalue weighted by molar-refractivity contribution is -0.277. The number of Topliss-reactive ketones (excluding diaryl/α,β-unsaturated/α-hetero) is 3. The van der Waals surface area contributed by atoms with Crippen LogP contribution >= 0.6 is 23.5 Å². The number of ether oxygens (including phenoxy) is 6. The number of allylic oxidation sites excluding steroid dienone is 6. The number of methoxy groups -OCH3 is 3. The van der Waals surface area contributed by atoms with Crippen LogP contribution in [0.25, 0.3) is 0 Å². The summed E-state index contributed by atoms with van der Waals surface area (Å²) in [7, 11) is 4.34. The van der Waals surface area contributed by atoms with E-state index in [1.807, 2.05) is 65.0 Å². The number of esters is 1. The molecular weight excluding hydrogens is 987 g/mol. The maximum Gasteiger partial charge on any atom is 0.329 e. The molecule has 1 aliphatic carbocycles. The van der Waals surface area contributed by atoms with Crippen molar-refractivity contribution in [1.82, 2.24) is 4.90 Å². The van der Waals surface area contributed by atoms with Crippen molar-refractivity contribution in [2.24, 2.45) is 35.5 Å². The standard InChI is InChI=1S/C57H91NO14S2/c1-36-16-12-11-13-17-37(2)48(70-25-27-74-29-28-73-26-24-59)34-44-21-19-42(7)57(69-10,72-44)54(64)55(65)58-23-15-14-18-45(58)56(66)71-49(39(4)32-43-20-22-46(60)50(33-43)67-8)35-47(61)38(3)31-41(6)52(63)53(68-9)51(62)40(5)30-36/h11-13,16-17,31,36,38-40,42-46,48-50,52-53,59-60,63H,14-15,18-30,32-35H2,1-10H3/b13-11+,16-12+,37-17+,41-31+/t36-,38-,39-,40-,42-,43+,44+,45+,46-,48?,49+,50-,52-,53+,57-/m1/s1. The van der Waals surface area contributed by atoms with Gasteiger partial charge < -0.3 is 48.6 Å². The Morgan fingerprint density at radius 2 is 1.57 bits per heavy atom. The fourth-order valence-electron chi connectivity index (χ4n) is 11.0. The van der Waals surface area contributed by atoms with Crippen LogP contribution < -0.4 is 0 Å². The van der Waals surface area contributed by atoms with Crippen molar-refractivity contribution in [1.29, 1.82) is 0 Å². The number of fused-ring (bicyclic) bond motifs is 3. The van der Waals surface area contributed by atoms with E-state index in [1.165, 1.54) is 19.1 Å². The zero-order valence-electron chi connectivity index (χ0n) is 46.1. The van der Waals surface area contributed by atoms with Crippen molar-refractivity contribution in [3.8, 4) is 0 Å². The van der Waals surface area contributed by atoms with E-state index < -0.39 is 83.9 Å². The SMILES string of the molecule is CO[C@@H]1C[C@H](C[C@@H](C)[C@@H]2CC(=O)[C@H](C)/C=C(\C)[C@@H](O)[C@@H](OC)C(=O)[C@H](C)C[C@H](C)/C=C/C=C/C=C(\C)C(OCCSCCSCCO)C[C@@H]3CC[C@@H](C)[C@@](OC)(O3)C(=O)C(=O)N3CCCC[C@H]3C(=O)O2)CC[C@H]1O. The first-order valence-corrected chi connectivity index (χ1v) is 29.5. The molecule has 17 heteroatoms. The summed E-state index contributed by atoms with van der Waals surface area (Å²) in [6, 6.07) is -1.10. The monoisotopic (exact) mass is 1080 g/mol. The third kappa shape index (κ3) is 18.5. The van der Waals surface area contributed by atoms with Crippen molar-refractivity contribution in [3.63, 3.8) is 0 Å². The molecule has 15 nitrogen and oxygen atoms in total. The van der Waals surface area contributed by atoms with Crippen LogP contribution in [0.15, 0.2) is 47.6 Å². The quantitative estimate of drug-likeness (QED) is 0.0623. The van der Waals surface area contributed by atoms with E-state index >= 15 is 0 Å². The molecule has 3 N–H and O–H groups in total. The van der Waals surface area contributed by atoms with Crippen LogP contribution in [0.4, 0.5) is 0 Å². The summed E-state index contributed by atoms with van der Waals surface area (Å²) >= 11 is 3.48. The van der Waals surface area contributed by atoms with E-state index in [0.717, 1.165) is 29.3 Å². The Hall–Kier alpha value is -2.71. The number of carbonyl (C=O) groups is 5. The normalized spacial score (nSPS) is 37.0. The van der Waals surface area contributed by atoms with Gasteiger partial charge in [0, 0.05) is 81.5 Å². The maximum absolute atomic E-state index is 14.8. The molecule has 0 aromatic carbocycles. The Bertz CT molecular complexity index is 1930. The van der Waals surface area contributed by atoms with E-state index in [4.69, 9.17) is 33.5 Å². The lowest BCUT2D eigenvalue weighted by Crippen LogP contribution is -2.61. The van der Waals surface area contributed by atoms with Crippen molar-refractivity contribution in [2.75, 3.05) is 64.1 Å². The molecule has 4 aliphatic rings. The number of thioether (sulfide) groups is 2. The lowest BCUT2D eigenvalue weighted by atomic mass is 9.78. The molecule has 0 aromatic rings. The smallest absolute Gasteiger partial charge is 0.329 e. The first-order chi connectivity index (χ1) is 35.3. The second-order valence-electron chi connectivity index (χ2n) is 21.3. The molecule has 1 amide bonds. The number of amides is 1. The van der Waals surface area contributed by atoms with E-state index in [-0.39, 0.29) is 61.4 Å². The summed E-state index contributed by atoms with van der Waals surface area (Å²) in [5.41, 5.74) is 1.33. The van der Waals surface area contributed by atoms with Crippen molar-refractivity contribution < 1.29 is 67.7 Å². The number of hydrogen-bond donors (Lipinski definition) is 3. The first-order valence-electron chi connectivity index (χ1n) is 27.2. The van der Waals surface area contributed by atoms with Gasteiger partial charge in [-0.2, -0.15) is 23.5 Å². The average Bonchev–Trinajstić information content (AvgIpc) is 3.38. The molecular formula is C57H91NO14S2. The van der Waals surface area contributed by atoms with Crippen LogP contribution in [-0.2, 0) is 52.4 Å².